The van der Waals surface area contributed by atoms with E-state index in [1.54, 1.807) is 18.2 Å². The molecule has 1 aromatic carbocycles. The maximum atomic E-state index is 12.6. The van der Waals surface area contributed by atoms with E-state index < -0.39 is 28.0 Å². The minimum Gasteiger partial charge on any atom is -0.481 e. The van der Waals surface area contributed by atoms with Gasteiger partial charge in [0.15, 0.2) is 5.58 Å². The summed E-state index contributed by atoms with van der Waals surface area (Å²) in [6, 6.07) is 6.38. The molecular formula is C14H17NO6S. The minimum atomic E-state index is -3.97. The number of para-hydroxylation sites is 1. The highest BCUT2D eigenvalue weighted by molar-refractivity contribution is 7.89. The van der Waals surface area contributed by atoms with Crippen molar-refractivity contribution in [3.63, 3.8) is 0 Å². The van der Waals surface area contributed by atoms with E-state index in [1.165, 1.54) is 26.4 Å². The lowest BCUT2D eigenvalue weighted by Gasteiger charge is -2.28. The van der Waals surface area contributed by atoms with Crippen molar-refractivity contribution >= 4 is 27.0 Å². The van der Waals surface area contributed by atoms with E-state index in [2.05, 4.69) is 4.72 Å². The highest BCUT2D eigenvalue weighted by atomic mass is 32.2. The van der Waals surface area contributed by atoms with E-state index in [0.717, 1.165) is 0 Å². The van der Waals surface area contributed by atoms with Gasteiger partial charge in [0.05, 0.1) is 24.8 Å². The van der Waals surface area contributed by atoms with Gasteiger partial charge in [0.25, 0.3) is 0 Å². The molecular weight excluding hydrogens is 310 g/mol. The molecule has 7 nitrogen and oxygen atoms in total. The first-order chi connectivity index (χ1) is 10.3. The summed E-state index contributed by atoms with van der Waals surface area (Å²) in [5, 5.41) is 9.62. The lowest BCUT2D eigenvalue weighted by Crippen LogP contribution is -2.50. The first kappa shape index (κ1) is 16.5. The number of furan rings is 1. The number of fused-ring (bicyclic) bond motifs is 1. The lowest BCUT2D eigenvalue weighted by molar-refractivity contribution is -0.138. The van der Waals surface area contributed by atoms with Gasteiger partial charge in [-0.1, -0.05) is 12.1 Å². The number of methoxy groups -OCH3 is 1. The molecule has 1 heterocycles. The molecule has 2 aromatic rings. The summed E-state index contributed by atoms with van der Waals surface area (Å²) in [5.41, 5.74) is -1.04. The second-order valence-corrected chi connectivity index (χ2v) is 6.92. The molecule has 1 unspecified atom stereocenters. The Morgan fingerprint density at radius 1 is 1.41 bits per heavy atom. The van der Waals surface area contributed by atoms with Crippen LogP contribution in [-0.4, -0.2) is 38.7 Å². The molecule has 0 saturated carbocycles. The van der Waals surface area contributed by atoms with Crippen LogP contribution in [0.5, 0.6) is 0 Å². The van der Waals surface area contributed by atoms with Crippen molar-refractivity contribution in [3.8, 4) is 0 Å². The summed E-state index contributed by atoms with van der Waals surface area (Å²) in [6.07, 6.45) is 0.990. The molecule has 1 atom stereocenters. The van der Waals surface area contributed by atoms with Crippen LogP contribution < -0.4 is 4.72 Å². The van der Waals surface area contributed by atoms with E-state index >= 15 is 0 Å². The topological polar surface area (TPSA) is 106 Å². The third kappa shape index (κ3) is 3.46. The first-order valence-corrected chi connectivity index (χ1v) is 7.97. The van der Waals surface area contributed by atoms with Gasteiger partial charge in [0.1, 0.15) is 4.90 Å². The molecule has 0 aliphatic rings. The van der Waals surface area contributed by atoms with Crippen LogP contribution in [0.2, 0.25) is 0 Å². The average molecular weight is 327 g/mol. The van der Waals surface area contributed by atoms with Crippen molar-refractivity contribution < 1.29 is 27.5 Å². The fourth-order valence-electron chi connectivity index (χ4n) is 2.33. The zero-order valence-electron chi connectivity index (χ0n) is 12.2. The van der Waals surface area contributed by atoms with Crippen LogP contribution in [0.3, 0.4) is 0 Å². The van der Waals surface area contributed by atoms with E-state index in [1.807, 2.05) is 0 Å². The van der Waals surface area contributed by atoms with E-state index in [9.17, 15) is 13.2 Å². The fraction of sp³-hybridized carbons (Fsp3) is 0.357. The molecule has 0 amide bonds. The third-order valence-electron chi connectivity index (χ3n) is 3.12. The molecule has 0 fully saturated rings. The quantitative estimate of drug-likeness (QED) is 0.800. The normalized spacial score (nSPS) is 14.8. The van der Waals surface area contributed by atoms with Crippen molar-refractivity contribution in [2.24, 2.45) is 0 Å². The van der Waals surface area contributed by atoms with Gasteiger partial charge in [0, 0.05) is 12.5 Å². The molecule has 2 rings (SSSR count). The van der Waals surface area contributed by atoms with Gasteiger partial charge in [0.2, 0.25) is 10.0 Å². The maximum Gasteiger partial charge on any atom is 0.305 e. The number of aliphatic carboxylic acids is 1. The highest BCUT2D eigenvalue weighted by Crippen LogP contribution is 2.25. The molecule has 0 radical (unpaired) electrons. The van der Waals surface area contributed by atoms with Gasteiger partial charge < -0.3 is 14.3 Å². The predicted molar refractivity (Wildman–Crippen MR) is 79.1 cm³/mol. The monoisotopic (exact) mass is 327 g/mol. The second-order valence-electron chi connectivity index (χ2n) is 5.26. The minimum absolute atomic E-state index is 0.0392. The number of ether oxygens (including phenoxy) is 1. The summed E-state index contributed by atoms with van der Waals surface area (Å²) in [6.45, 7) is 1.40. The number of carbonyl (C=O) groups is 1. The number of carboxylic acid groups (broad SMARTS) is 1. The molecule has 1 aromatic heterocycles. The van der Waals surface area contributed by atoms with Crippen LogP contribution in [0.1, 0.15) is 13.3 Å². The second kappa shape index (κ2) is 6.07. The van der Waals surface area contributed by atoms with Gasteiger partial charge in [-0.05, 0) is 19.1 Å². The molecule has 0 aliphatic carbocycles. The van der Waals surface area contributed by atoms with Gasteiger partial charge in [-0.15, -0.1) is 0 Å². The molecule has 120 valence electrons. The van der Waals surface area contributed by atoms with Crippen molar-refractivity contribution in [2.75, 3.05) is 13.7 Å². The van der Waals surface area contributed by atoms with Crippen molar-refractivity contribution in [1.82, 2.24) is 4.72 Å². The van der Waals surface area contributed by atoms with Crippen LogP contribution in [0.25, 0.3) is 11.0 Å². The van der Waals surface area contributed by atoms with Gasteiger partial charge in [-0.2, -0.15) is 0 Å². The Balaban J connectivity index is 2.41. The Hall–Kier alpha value is -1.90. The van der Waals surface area contributed by atoms with Crippen LogP contribution in [0.4, 0.5) is 0 Å². The number of benzene rings is 1. The number of sulfonamides is 1. The predicted octanol–water partition coefficient (Wildman–Crippen LogP) is 1.59. The van der Waals surface area contributed by atoms with Crippen LogP contribution >= 0.6 is 0 Å². The van der Waals surface area contributed by atoms with Crippen molar-refractivity contribution in [1.29, 1.82) is 0 Å². The Morgan fingerprint density at radius 2 is 2.14 bits per heavy atom. The Labute approximate surface area is 127 Å². The van der Waals surface area contributed by atoms with E-state index in [0.29, 0.717) is 5.39 Å². The first-order valence-electron chi connectivity index (χ1n) is 6.48. The SMILES string of the molecule is COCC(C)(CC(=O)O)NS(=O)(=O)c1cccc2ccoc12. The van der Waals surface area contributed by atoms with E-state index in [-0.39, 0.29) is 17.1 Å². The summed E-state index contributed by atoms with van der Waals surface area (Å²) in [4.78, 5) is 10.9. The number of carboxylic acids is 1. The van der Waals surface area contributed by atoms with Crippen molar-refractivity contribution in [3.05, 3.63) is 30.5 Å². The Morgan fingerprint density at radius 3 is 2.77 bits per heavy atom. The molecule has 0 bridgehead atoms. The molecule has 0 spiro atoms. The summed E-state index contributed by atoms with van der Waals surface area (Å²) >= 11 is 0. The Bertz CT molecular complexity index is 781. The van der Waals surface area contributed by atoms with Crippen LogP contribution in [0.15, 0.2) is 39.8 Å². The molecule has 0 saturated heterocycles. The maximum absolute atomic E-state index is 12.6. The smallest absolute Gasteiger partial charge is 0.305 e. The van der Waals surface area contributed by atoms with Gasteiger partial charge >= 0.3 is 5.97 Å². The summed E-state index contributed by atoms with van der Waals surface area (Å²) < 4.78 is 37.8. The molecule has 2 N–H and O–H groups in total. The zero-order valence-corrected chi connectivity index (χ0v) is 13.0. The van der Waals surface area contributed by atoms with Crippen LogP contribution in [-0.2, 0) is 19.6 Å². The average Bonchev–Trinajstić information content (AvgIpc) is 2.84. The van der Waals surface area contributed by atoms with E-state index in [4.69, 9.17) is 14.3 Å². The zero-order chi connectivity index (χ0) is 16.4. The number of hydrogen-bond acceptors (Lipinski definition) is 5. The van der Waals surface area contributed by atoms with Crippen LogP contribution in [0, 0.1) is 0 Å². The summed E-state index contributed by atoms with van der Waals surface area (Å²) in [5.74, 6) is -1.13. The Kier molecular flexibility index (Phi) is 4.55. The molecule has 22 heavy (non-hydrogen) atoms. The summed E-state index contributed by atoms with van der Waals surface area (Å²) in [7, 11) is -2.59. The lowest BCUT2D eigenvalue weighted by atomic mass is 10.0. The van der Waals surface area contributed by atoms with Gasteiger partial charge in [-0.25, -0.2) is 13.1 Å². The number of rotatable bonds is 7. The number of hydrogen-bond donors (Lipinski definition) is 2. The third-order valence-corrected chi connectivity index (χ3v) is 4.78. The number of nitrogens with one attached hydrogen (secondary N) is 1. The van der Waals surface area contributed by atoms with Gasteiger partial charge in [-0.3, -0.25) is 4.79 Å². The molecule has 0 aliphatic heterocycles. The standard InChI is InChI=1S/C14H17NO6S/c1-14(9-20-2,8-12(16)17)15-22(18,19)11-5-3-4-10-6-7-21-13(10)11/h3-7,15H,8-9H2,1-2H3,(H,16,17). The fourth-order valence-corrected chi connectivity index (χ4v) is 3.88. The highest BCUT2D eigenvalue weighted by Gasteiger charge is 2.34. The molecule has 8 heteroatoms. The van der Waals surface area contributed by atoms with Crippen molar-refractivity contribution in [2.45, 2.75) is 23.8 Å². The largest absolute Gasteiger partial charge is 0.481 e.